The first kappa shape index (κ1) is 38.9. The van der Waals surface area contributed by atoms with Gasteiger partial charge in [0.05, 0.1) is 17.4 Å². The molecular formula is C30H42F3N9O6S2. The number of carbonyl (C=O) groups excluding carboxylic acids is 1. The van der Waals surface area contributed by atoms with Gasteiger partial charge in [-0.2, -0.15) is 33.3 Å². The van der Waals surface area contributed by atoms with E-state index < -0.39 is 79.2 Å². The van der Waals surface area contributed by atoms with E-state index in [4.69, 9.17) is 30.9 Å². The summed E-state index contributed by atoms with van der Waals surface area (Å²) in [5.41, 5.74) is 12.1. The van der Waals surface area contributed by atoms with Gasteiger partial charge in [-0.25, -0.2) is 8.42 Å². The van der Waals surface area contributed by atoms with Gasteiger partial charge in [0, 0.05) is 54.2 Å². The lowest BCUT2D eigenvalue weighted by molar-refractivity contribution is -0.170. The fourth-order valence-corrected chi connectivity index (χ4v) is 8.42. The van der Waals surface area contributed by atoms with Crippen LogP contribution in [0.1, 0.15) is 56.7 Å². The van der Waals surface area contributed by atoms with Crippen molar-refractivity contribution in [3.05, 3.63) is 54.5 Å². The summed E-state index contributed by atoms with van der Waals surface area (Å²) in [6.07, 6.45) is -0.596. The lowest BCUT2D eigenvalue weighted by Crippen LogP contribution is -2.44. The number of aliphatic carboxylic acids is 1. The number of benzene rings is 1. The largest absolute Gasteiger partial charge is 0.480 e. The van der Waals surface area contributed by atoms with Gasteiger partial charge in [-0.1, -0.05) is 30.3 Å². The minimum absolute atomic E-state index is 0.00847. The Bertz CT molecular complexity index is 1830. The van der Waals surface area contributed by atoms with Gasteiger partial charge in [0.1, 0.15) is 30.4 Å². The summed E-state index contributed by atoms with van der Waals surface area (Å²) >= 11 is 0. The van der Waals surface area contributed by atoms with Crippen LogP contribution in [0.3, 0.4) is 0 Å². The molecule has 1 saturated carbocycles. The highest BCUT2D eigenvalue weighted by Gasteiger charge is 2.43. The maximum atomic E-state index is 13.9. The lowest BCUT2D eigenvalue weighted by Gasteiger charge is -2.41. The lowest BCUT2D eigenvalue weighted by atomic mass is 9.75. The number of nitrogens with one attached hydrogen (secondary N) is 2. The van der Waals surface area contributed by atoms with Crippen LogP contribution in [0.5, 0.6) is 0 Å². The molecule has 1 aliphatic rings. The summed E-state index contributed by atoms with van der Waals surface area (Å²) < 4.78 is 89.7. The Hall–Kier alpha value is -3.88. The molecule has 1 fully saturated rings. The quantitative estimate of drug-likeness (QED) is 0.111. The minimum Gasteiger partial charge on any atom is -0.480 e. The van der Waals surface area contributed by atoms with E-state index in [1.165, 1.54) is 23.3 Å². The Labute approximate surface area is 287 Å². The smallest absolute Gasteiger partial charge is 0.410 e. The average Bonchev–Trinajstić information content (AvgIpc) is 3.71. The molecule has 0 spiro atoms. The molecule has 276 valence electrons. The molecule has 2 heterocycles. The molecule has 3 unspecified atom stereocenters. The van der Waals surface area contributed by atoms with Gasteiger partial charge in [0.2, 0.25) is 0 Å². The molecule has 4 rings (SSSR count). The number of carboxylic acids is 1. The number of aromatic nitrogens is 5. The average molecular weight is 746 g/mol. The molecule has 0 bridgehead atoms. The fourth-order valence-electron chi connectivity index (χ4n) is 5.43. The maximum absolute atomic E-state index is 13.9. The number of carboxylic acid groups (broad SMARTS) is 1. The van der Waals surface area contributed by atoms with Gasteiger partial charge in [0.15, 0.2) is 0 Å². The number of rotatable bonds is 19. The van der Waals surface area contributed by atoms with Crippen molar-refractivity contribution in [3.8, 4) is 11.3 Å². The van der Waals surface area contributed by atoms with Crippen molar-refractivity contribution in [2.45, 2.75) is 81.4 Å². The van der Waals surface area contributed by atoms with Crippen molar-refractivity contribution in [3.63, 3.8) is 0 Å². The number of alkyl halides is 3. The van der Waals surface area contributed by atoms with Crippen molar-refractivity contribution in [2.75, 3.05) is 23.0 Å². The first-order valence-electron chi connectivity index (χ1n) is 15.9. The summed E-state index contributed by atoms with van der Waals surface area (Å²) in [7, 11) is -6.63. The SMILES string of the molecule is N=S(=O)(CCC(n1ccc(-c2ccccc2)n1)C(F)(F)F)CC[C@H](N)C(=O)OCc1cnn(C2(CCS(=N)(=O)CC[C@H](N)C(=O)O)CCC2)n1. The van der Waals surface area contributed by atoms with Gasteiger partial charge < -0.3 is 21.3 Å². The summed E-state index contributed by atoms with van der Waals surface area (Å²) in [5, 5.41) is 21.6. The topological polar surface area (TPSA) is 246 Å². The number of hydrogen-bond donors (Lipinski definition) is 5. The van der Waals surface area contributed by atoms with Crippen LogP contribution in [0.15, 0.2) is 48.8 Å². The van der Waals surface area contributed by atoms with Crippen molar-refractivity contribution in [2.24, 2.45) is 11.5 Å². The molecule has 0 amide bonds. The van der Waals surface area contributed by atoms with Crippen LogP contribution in [0.2, 0.25) is 0 Å². The second kappa shape index (κ2) is 16.0. The first-order valence-corrected chi connectivity index (χ1v) is 19.7. The van der Waals surface area contributed by atoms with Gasteiger partial charge >= 0.3 is 18.1 Å². The molecule has 0 saturated heterocycles. The zero-order valence-electron chi connectivity index (χ0n) is 27.2. The Morgan fingerprint density at radius 3 is 2.18 bits per heavy atom. The van der Waals surface area contributed by atoms with Crippen molar-refractivity contribution in [1.29, 1.82) is 9.56 Å². The highest BCUT2D eigenvalue weighted by molar-refractivity contribution is 7.92. The highest BCUT2D eigenvalue weighted by Crippen LogP contribution is 2.41. The summed E-state index contributed by atoms with van der Waals surface area (Å²) in [6.45, 7) is -0.302. The van der Waals surface area contributed by atoms with E-state index in [-0.39, 0.29) is 36.6 Å². The second-order valence-electron chi connectivity index (χ2n) is 12.5. The molecule has 15 nitrogen and oxygen atoms in total. The van der Waals surface area contributed by atoms with Crippen LogP contribution in [-0.4, -0.2) is 91.5 Å². The molecular weight excluding hydrogens is 704 g/mol. The van der Waals surface area contributed by atoms with E-state index >= 15 is 0 Å². The standard InChI is InChI=1S/C30H42F3N9O6S2/c31-30(32,33)26(41-14-7-25(40-41)21-5-2-1-3-6-21)10-17-49(36,46)16-9-24(35)28(45)48-20-22-19-38-42(39-22)29(11-4-12-29)13-18-50(37,47)15-8-23(34)27(43)44/h1-3,5-7,14,19,23-24,26,36-37H,4,8-13,15-18,20,34-35H2,(H,43,44)/t23-,24-,26?,49?,50?/m0/s1. The molecule has 2 aromatic heterocycles. The van der Waals surface area contributed by atoms with Crippen LogP contribution in [-0.2, 0) is 45.9 Å². The molecule has 1 aliphatic carbocycles. The van der Waals surface area contributed by atoms with E-state index in [9.17, 15) is 31.2 Å². The zero-order valence-corrected chi connectivity index (χ0v) is 28.8. The first-order chi connectivity index (χ1) is 23.4. The van der Waals surface area contributed by atoms with E-state index in [1.807, 2.05) is 0 Å². The second-order valence-corrected chi connectivity index (χ2v) is 17.4. The summed E-state index contributed by atoms with van der Waals surface area (Å²) in [5.74, 6) is -3.24. The Balaban J connectivity index is 1.25. The third-order valence-corrected chi connectivity index (χ3v) is 12.3. The Kier molecular flexibility index (Phi) is 12.4. The molecule has 0 radical (unpaired) electrons. The maximum Gasteiger partial charge on any atom is 0.410 e. The third kappa shape index (κ3) is 10.6. The number of esters is 1. The monoisotopic (exact) mass is 745 g/mol. The molecule has 1 aromatic carbocycles. The van der Waals surface area contributed by atoms with Crippen molar-refractivity contribution in [1.82, 2.24) is 24.8 Å². The number of ether oxygens (including phenoxy) is 1. The number of hydrogen-bond acceptors (Lipinski definition) is 12. The molecule has 3 aromatic rings. The van der Waals surface area contributed by atoms with Gasteiger partial charge in [-0.05, 0) is 51.0 Å². The van der Waals surface area contributed by atoms with Crippen LogP contribution in [0.4, 0.5) is 13.2 Å². The molecule has 7 N–H and O–H groups in total. The zero-order chi connectivity index (χ0) is 36.7. The normalized spacial score (nSPS) is 18.6. The molecule has 50 heavy (non-hydrogen) atoms. The highest BCUT2D eigenvalue weighted by atomic mass is 32.2. The molecule has 20 heteroatoms. The van der Waals surface area contributed by atoms with Gasteiger partial charge in [-0.15, -0.1) is 0 Å². The third-order valence-electron chi connectivity index (χ3n) is 8.74. The van der Waals surface area contributed by atoms with E-state index in [1.54, 1.807) is 30.3 Å². The number of halogens is 3. The predicted octanol–water partition coefficient (Wildman–Crippen LogP) is 3.26. The van der Waals surface area contributed by atoms with Crippen molar-refractivity contribution >= 4 is 31.4 Å². The van der Waals surface area contributed by atoms with E-state index in [0.29, 0.717) is 30.5 Å². The van der Waals surface area contributed by atoms with Gasteiger partial charge in [-0.3, -0.25) is 23.8 Å². The predicted molar refractivity (Wildman–Crippen MR) is 178 cm³/mol. The van der Waals surface area contributed by atoms with E-state index in [0.717, 1.165) is 11.1 Å². The van der Waals surface area contributed by atoms with Crippen LogP contribution < -0.4 is 11.5 Å². The Morgan fingerprint density at radius 1 is 0.960 bits per heavy atom. The molecule has 5 atom stereocenters. The summed E-state index contributed by atoms with van der Waals surface area (Å²) in [6, 6.07) is 5.54. The Morgan fingerprint density at radius 2 is 1.58 bits per heavy atom. The van der Waals surface area contributed by atoms with Crippen LogP contribution in [0.25, 0.3) is 11.3 Å². The fraction of sp³-hybridized carbons (Fsp3) is 0.567. The van der Waals surface area contributed by atoms with Crippen LogP contribution in [0, 0.1) is 9.56 Å². The molecule has 0 aliphatic heterocycles. The summed E-state index contributed by atoms with van der Waals surface area (Å²) in [4.78, 5) is 24.9. The van der Waals surface area contributed by atoms with Crippen LogP contribution >= 0.6 is 0 Å². The number of nitrogens with two attached hydrogens (primary N) is 2. The van der Waals surface area contributed by atoms with Crippen molar-refractivity contribution < 1.29 is 41.0 Å². The van der Waals surface area contributed by atoms with Gasteiger partial charge in [0.25, 0.3) is 0 Å². The minimum atomic E-state index is -4.71. The van der Waals surface area contributed by atoms with E-state index in [2.05, 4.69) is 15.3 Å². The number of carbonyl (C=O) groups is 2. The number of nitrogens with zero attached hydrogens (tertiary/aromatic N) is 5.